The average Bonchev–Trinajstić information content (AvgIpc) is 2.74. The lowest BCUT2D eigenvalue weighted by Crippen LogP contribution is -2.40. The molecule has 2 rings (SSSR count). The van der Waals surface area contributed by atoms with E-state index in [-0.39, 0.29) is 25.4 Å². The fraction of sp³-hybridized carbons (Fsp3) is 0.250. The number of carboxylic acid groups (broad SMARTS) is 1. The second-order valence-corrected chi connectivity index (χ2v) is 6.85. The van der Waals surface area contributed by atoms with Crippen molar-refractivity contribution < 1.29 is 19.5 Å². The molecule has 0 radical (unpaired) electrons. The van der Waals surface area contributed by atoms with Crippen molar-refractivity contribution in [1.29, 1.82) is 0 Å². The molecule has 1 aromatic carbocycles. The highest BCUT2D eigenvalue weighted by Crippen LogP contribution is 2.32. The van der Waals surface area contributed by atoms with Crippen LogP contribution in [0.1, 0.15) is 17.5 Å². The first-order valence-corrected chi connectivity index (χ1v) is 8.40. The predicted molar refractivity (Wildman–Crippen MR) is 96.3 cm³/mol. The van der Waals surface area contributed by atoms with Crippen LogP contribution in [0.2, 0.25) is 0 Å². The highest BCUT2D eigenvalue weighted by Gasteiger charge is 2.33. The third-order valence-electron chi connectivity index (χ3n) is 3.18. The van der Waals surface area contributed by atoms with E-state index in [4.69, 9.17) is 17.3 Å². The maximum Gasteiger partial charge on any atom is 0.305 e. The third-order valence-corrected chi connectivity index (χ3v) is 4.55. The van der Waals surface area contributed by atoms with Crippen molar-refractivity contribution in [2.75, 3.05) is 13.1 Å². The van der Waals surface area contributed by atoms with Crippen LogP contribution in [0.15, 0.2) is 29.2 Å². The van der Waals surface area contributed by atoms with E-state index in [2.05, 4.69) is 5.32 Å². The molecule has 0 aromatic heterocycles. The van der Waals surface area contributed by atoms with Crippen LogP contribution in [-0.4, -0.2) is 45.2 Å². The number of aliphatic carboxylic acids is 1. The van der Waals surface area contributed by atoms with Gasteiger partial charge in [0.1, 0.15) is 10.9 Å². The molecule has 0 atom stereocenters. The molecule has 1 heterocycles. The van der Waals surface area contributed by atoms with Crippen molar-refractivity contribution in [3.8, 4) is 0 Å². The summed E-state index contributed by atoms with van der Waals surface area (Å²) >= 11 is 6.31. The number of hydrogen-bond donors (Lipinski definition) is 2. The Hall–Kier alpha value is -2.19. The predicted octanol–water partition coefficient (Wildman–Crippen LogP) is 1.79. The van der Waals surface area contributed by atoms with Crippen molar-refractivity contribution in [3.63, 3.8) is 0 Å². The Balaban J connectivity index is 2.01. The number of carboxylic acids is 1. The Morgan fingerprint density at radius 1 is 1.42 bits per heavy atom. The molecule has 126 valence electrons. The van der Waals surface area contributed by atoms with E-state index < -0.39 is 11.9 Å². The number of rotatable bonds is 6. The number of carbonyl (C=O) groups is 3. The van der Waals surface area contributed by atoms with E-state index in [0.29, 0.717) is 9.23 Å². The monoisotopic (exact) mass is 364 g/mol. The molecule has 1 aliphatic rings. The van der Waals surface area contributed by atoms with Crippen LogP contribution in [0.3, 0.4) is 0 Å². The Kier molecular flexibility index (Phi) is 6.10. The van der Waals surface area contributed by atoms with Gasteiger partial charge >= 0.3 is 5.97 Å². The molecule has 0 bridgehead atoms. The summed E-state index contributed by atoms with van der Waals surface area (Å²) in [6.45, 7) is 1.77. The van der Waals surface area contributed by atoms with Crippen LogP contribution in [-0.2, 0) is 14.4 Å². The molecule has 2 amide bonds. The van der Waals surface area contributed by atoms with Crippen LogP contribution >= 0.6 is 24.0 Å². The molecule has 1 aromatic rings. The number of nitrogens with zero attached hydrogens (tertiary/aromatic N) is 1. The molecule has 2 N–H and O–H groups in total. The zero-order chi connectivity index (χ0) is 17.7. The lowest BCUT2D eigenvalue weighted by atomic mass is 10.1. The highest BCUT2D eigenvalue weighted by atomic mass is 32.2. The second-order valence-electron chi connectivity index (χ2n) is 5.18. The number of benzene rings is 1. The zero-order valence-electron chi connectivity index (χ0n) is 12.9. The van der Waals surface area contributed by atoms with Crippen molar-refractivity contribution in [2.24, 2.45) is 0 Å². The van der Waals surface area contributed by atoms with E-state index in [1.807, 2.05) is 31.2 Å². The van der Waals surface area contributed by atoms with E-state index in [0.717, 1.165) is 22.9 Å². The molecule has 0 unspecified atom stereocenters. The Morgan fingerprint density at radius 3 is 2.83 bits per heavy atom. The molecule has 6 nitrogen and oxygen atoms in total. The summed E-state index contributed by atoms with van der Waals surface area (Å²) in [5.74, 6) is -1.76. The molecule has 24 heavy (non-hydrogen) atoms. The molecule has 0 aliphatic carbocycles. The molecule has 1 fully saturated rings. The van der Waals surface area contributed by atoms with Gasteiger partial charge in [-0.15, -0.1) is 0 Å². The van der Waals surface area contributed by atoms with Gasteiger partial charge in [-0.25, -0.2) is 0 Å². The number of nitrogens with one attached hydrogen (secondary N) is 1. The minimum absolute atomic E-state index is 0.0160. The van der Waals surface area contributed by atoms with Crippen molar-refractivity contribution in [2.45, 2.75) is 13.3 Å². The minimum atomic E-state index is -0.998. The SMILES string of the molecule is Cc1cccc(/C=C2\SC(=S)N(CC(=O)NCCC(=O)O)C2=O)c1. The first kappa shape index (κ1) is 18.2. The normalized spacial score (nSPS) is 15.9. The molecular weight excluding hydrogens is 348 g/mol. The summed E-state index contributed by atoms with van der Waals surface area (Å²) in [7, 11) is 0. The minimum Gasteiger partial charge on any atom is -0.481 e. The average molecular weight is 364 g/mol. The maximum atomic E-state index is 12.4. The van der Waals surface area contributed by atoms with E-state index >= 15 is 0 Å². The zero-order valence-corrected chi connectivity index (χ0v) is 14.6. The number of aryl methyl sites for hydroxylation is 1. The lowest BCUT2D eigenvalue weighted by molar-refractivity contribution is -0.137. The fourth-order valence-electron chi connectivity index (χ4n) is 2.06. The molecule has 8 heteroatoms. The van der Waals surface area contributed by atoms with Crippen LogP contribution in [0.5, 0.6) is 0 Å². The molecule has 1 saturated heterocycles. The topological polar surface area (TPSA) is 86.7 Å². The van der Waals surface area contributed by atoms with Gasteiger partial charge < -0.3 is 10.4 Å². The lowest BCUT2D eigenvalue weighted by Gasteiger charge is -2.13. The Morgan fingerprint density at radius 2 is 2.17 bits per heavy atom. The summed E-state index contributed by atoms with van der Waals surface area (Å²) in [4.78, 5) is 36.3. The smallest absolute Gasteiger partial charge is 0.305 e. The molecule has 0 spiro atoms. The van der Waals surface area contributed by atoms with Crippen molar-refractivity contribution in [1.82, 2.24) is 10.2 Å². The number of carbonyl (C=O) groups excluding carboxylic acids is 2. The highest BCUT2D eigenvalue weighted by molar-refractivity contribution is 8.26. The van der Waals surface area contributed by atoms with Gasteiger partial charge in [0.25, 0.3) is 5.91 Å². The summed E-state index contributed by atoms with van der Waals surface area (Å²) in [5.41, 5.74) is 1.97. The molecule has 1 aliphatic heterocycles. The standard InChI is InChI=1S/C16H16N2O4S2/c1-10-3-2-4-11(7-10)8-12-15(22)18(16(23)24-12)9-13(19)17-6-5-14(20)21/h2-4,7-8H,5-6,9H2,1H3,(H,17,19)(H,20,21)/b12-8-. The summed E-state index contributed by atoms with van der Waals surface area (Å²) in [6, 6.07) is 7.70. The van der Waals surface area contributed by atoms with Crippen LogP contribution in [0, 0.1) is 6.92 Å². The summed E-state index contributed by atoms with van der Waals surface area (Å²) < 4.78 is 0.312. The largest absolute Gasteiger partial charge is 0.481 e. The van der Waals surface area contributed by atoms with Gasteiger partial charge in [0.05, 0.1) is 11.3 Å². The van der Waals surface area contributed by atoms with E-state index in [1.165, 1.54) is 4.90 Å². The van der Waals surface area contributed by atoms with Crippen LogP contribution < -0.4 is 5.32 Å². The Bertz CT molecular complexity index is 731. The quantitative estimate of drug-likeness (QED) is 0.591. The van der Waals surface area contributed by atoms with Gasteiger partial charge in [0.2, 0.25) is 5.91 Å². The number of thiocarbonyl (C=S) groups is 1. The molecular formula is C16H16N2O4S2. The molecule has 0 saturated carbocycles. The van der Waals surface area contributed by atoms with E-state index in [1.54, 1.807) is 6.08 Å². The summed E-state index contributed by atoms with van der Waals surface area (Å²) in [5, 5.41) is 11.0. The van der Waals surface area contributed by atoms with Gasteiger partial charge in [-0.05, 0) is 18.6 Å². The van der Waals surface area contributed by atoms with Gasteiger partial charge in [-0.3, -0.25) is 19.3 Å². The summed E-state index contributed by atoms with van der Waals surface area (Å²) in [6.07, 6.45) is 1.58. The first-order valence-electron chi connectivity index (χ1n) is 7.17. The Labute approximate surface area is 148 Å². The first-order chi connectivity index (χ1) is 11.4. The number of thioether (sulfide) groups is 1. The van der Waals surface area contributed by atoms with E-state index in [9.17, 15) is 14.4 Å². The fourth-order valence-corrected chi connectivity index (χ4v) is 3.31. The number of hydrogen-bond acceptors (Lipinski definition) is 5. The van der Waals surface area contributed by atoms with Gasteiger partial charge in [-0.1, -0.05) is 53.8 Å². The van der Waals surface area contributed by atoms with Gasteiger partial charge in [0.15, 0.2) is 0 Å². The maximum absolute atomic E-state index is 12.4. The van der Waals surface area contributed by atoms with Crippen LogP contribution in [0.4, 0.5) is 0 Å². The number of amides is 2. The van der Waals surface area contributed by atoms with Crippen molar-refractivity contribution >= 4 is 52.2 Å². The van der Waals surface area contributed by atoms with Crippen LogP contribution in [0.25, 0.3) is 6.08 Å². The van der Waals surface area contributed by atoms with Gasteiger partial charge in [0, 0.05) is 6.54 Å². The van der Waals surface area contributed by atoms with Crippen molar-refractivity contribution in [3.05, 3.63) is 40.3 Å². The third kappa shape index (κ3) is 4.90. The van der Waals surface area contributed by atoms with Gasteiger partial charge in [-0.2, -0.15) is 0 Å². The second kappa shape index (κ2) is 8.07.